The van der Waals surface area contributed by atoms with Crippen molar-refractivity contribution in [2.75, 3.05) is 29.9 Å². The summed E-state index contributed by atoms with van der Waals surface area (Å²) in [6.07, 6.45) is 0. The van der Waals surface area contributed by atoms with Gasteiger partial charge in [-0.25, -0.2) is 4.79 Å². The fourth-order valence-corrected chi connectivity index (χ4v) is 4.51. The van der Waals surface area contributed by atoms with E-state index in [1.54, 1.807) is 36.4 Å². The van der Waals surface area contributed by atoms with E-state index in [9.17, 15) is 4.79 Å². The number of nitrogens with one attached hydrogen (secondary N) is 1. The number of nitriles is 2. The Morgan fingerprint density at radius 3 is 2.17 bits per heavy atom. The molecule has 1 saturated heterocycles. The molecule has 1 fully saturated rings. The SMILES string of the molecule is C[C@H]1CN(c2nnc(-c3ccc(C#N)cc3)c3ccccc23)CCN1C(=O)Nc1ccc(C#N)cc1. The molecule has 1 aliphatic rings. The average Bonchev–Trinajstić information content (AvgIpc) is 2.93. The van der Waals surface area contributed by atoms with Gasteiger partial charge >= 0.3 is 6.03 Å². The van der Waals surface area contributed by atoms with Crippen molar-refractivity contribution in [1.82, 2.24) is 15.1 Å². The van der Waals surface area contributed by atoms with Crippen molar-refractivity contribution in [3.8, 4) is 23.4 Å². The lowest BCUT2D eigenvalue weighted by atomic mass is 10.0. The summed E-state index contributed by atoms with van der Waals surface area (Å²) in [4.78, 5) is 16.9. The number of aromatic nitrogens is 2. The first-order chi connectivity index (χ1) is 17.6. The summed E-state index contributed by atoms with van der Waals surface area (Å²) in [6, 6.07) is 26.2. The Bertz CT molecular complexity index is 1500. The van der Waals surface area contributed by atoms with Crippen molar-refractivity contribution < 1.29 is 4.79 Å². The van der Waals surface area contributed by atoms with Crippen molar-refractivity contribution in [2.45, 2.75) is 13.0 Å². The lowest BCUT2D eigenvalue weighted by Gasteiger charge is -2.40. The van der Waals surface area contributed by atoms with Gasteiger partial charge in [-0.15, -0.1) is 10.2 Å². The molecule has 5 rings (SSSR count). The van der Waals surface area contributed by atoms with E-state index < -0.39 is 0 Å². The maximum atomic E-state index is 12.9. The number of amides is 2. The monoisotopic (exact) mass is 473 g/mol. The van der Waals surface area contributed by atoms with E-state index in [-0.39, 0.29) is 12.1 Å². The molecule has 8 heteroatoms. The van der Waals surface area contributed by atoms with Gasteiger partial charge in [-0.1, -0.05) is 36.4 Å². The van der Waals surface area contributed by atoms with Crippen LogP contribution in [0.25, 0.3) is 22.0 Å². The predicted molar refractivity (Wildman–Crippen MR) is 138 cm³/mol. The van der Waals surface area contributed by atoms with Crippen LogP contribution in [-0.4, -0.2) is 46.8 Å². The van der Waals surface area contributed by atoms with Crippen LogP contribution in [0.3, 0.4) is 0 Å². The second-order valence-electron chi connectivity index (χ2n) is 8.71. The summed E-state index contributed by atoms with van der Waals surface area (Å²) in [5.74, 6) is 0.794. The zero-order valence-corrected chi connectivity index (χ0v) is 19.7. The minimum atomic E-state index is -0.168. The first kappa shape index (κ1) is 22.8. The molecule has 8 nitrogen and oxygen atoms in total. The van der Waals surface area contributed by atoms with E-state index in [1.165, 1.54) is 0 Å². The van der Waals surface area contributed by atoms with Gasteiger partial charge in [0.05, 0.1) is 23.3 Å². The van der Waals surface area contributed by atoms with Gasteiger partial charge in [0.15, 0.2) is 5.82 Å². The number of urea groups is 1. The van der Waals surface area contributed by atoms with Crippen LogP contribution < -0.4 is 10.2 Å². The molecule has 1 aromatic heterocycles. The Balaban J connectivity index is 1.35. The average molecular weight is 474 g/mol. The Kier molecular flexibility index (Phi) is 6.17. The van der Waals surface area contributed by atoms with Gasteiger partial charge in [-0.2, -0.15) is 10.5 Å². The number of nitrogens with zero attached hydrogens (tertiary/aromatic N) is 6. The molecule has 0 unspecified atom stereocenters. The molecular formula is C28H23N7O. The Labute approximate surface area is 209 Å². The molecule has 0 aliphatic carbocycles. The first-order valence-corrected chi connectivity index (χ1v) is 11.7. The fourth-order valence-electron chi connectivity index (χ4n) is 4.51. The molecule has 0 radical (unpaired) electrons. The third kappa shape index (κ3) is 4.40. The standard InChI is InChI=1S/C28H23N7O/c1-19-18-34(14-15-35(19)28(36)31-23-12-8-21(17-30)9-13-23)27-25-5-3-2-4-24(25)26(32-33-27)22-10-6-20(16-29)7-11-22/h2-13,19H,14-15,18H2,1H3,(H,31,36)/t19-/m0/s1. The molecule has 0 spiro atoms. The van der Waals surface area contributed by atoms with Crippen molar-refractivity contribution in [3.05, 3.63) is 83.9 Å². The minimum Gasteiger partial charge on any atom is -0.351 e. The maximum absolute atomic E-state index is 12.9. The maximum Gasteiger partial charge on any atom is 0.322 e. The van der Waals surface area contributed by atoms with Crippen LogP contribution in [0.2, 0.25) is 0 Å². The van der Waals surface area contributed by atoms with E-state index in [2.05, 4.69) is 32.6 Å². The molecule has 0 saturated carbocycles. The van der Waals surface area contributed by atoms with E-state index in [1.807, 2.05) is 48.2 Å². The molecule has 0 bridgehead atoms. The molecule has 36 heavy (non-hydrogen) atoms. The van der Waals surface area contributed by atoms with Gasteiger partial charge in [0.1, 0.15) is 5.69 Å². The highest BCUT2D eigenvalue weighted by Gasteiger charge is 2.29. The van der Waals surface area contributed by atoms with Crippen LogP contribution in [-0.2, 0) is 0 Å². The molecule has 3 aromatic carbocycles. The highest BCUT2D eigenvalue weighted by Crippen LogP contribution is 2.32. The highest BCUT2D eigenvalue weighted by molar-refractivity contribution is 6.00. The molecule has 2 amide bonds. The number of hydrogen-bond donors (Lipinski definition) is 1. The minimum absolute atomic E-state index is 0.0455. The van der Waals surface area contributed by atoms with Gasteiger partial charge in [0.2, 0.25) is 0 Å². The third-order valence-corrected chi connectivity index (χ3v) is 6.41. The normalized spacial score (nSPS) is 15.2. The second kappa shape index (κ2) is 9.73. The summed E-state index contributed by atoms with van der Waals surface area (Å²) in [7, 11) is 0. The third-order valence-electron chi connectivity index (χ3n) is 6.41. The van der Waals surface area contributed by atoms with Crippen LogP contribution in [0, 0.1) is 22.7 Å². The van der Waals surface area contributed by atoms with Crippen LogP contribution in [0.15, 0.2) is 72.8 Å². The van der Waals surface area contributed by atoms with Gasteiger partial charge < -0.3 is 15.1 Å². The van der Waals surface area contributed by atoms with Gasteiger partial charge in [-0.3, -0.25) is 0 Å². The van der Waals surface area contributed by atoms with Crippen LogP contribution in [0.4, 0.5) is 16.3 Å². The fraction of sp³-hybridized carbons (Fsp3) is 0.179. The number of carbonyl (C=O) groups excluding carboxylic acids is 1. The summed E-state index contributed by atoms with van der Waals surface area (Å²) in [6.45, 7) is 3.80. The summed E-state index contributed by atoms with van der Waals surface area (Å²) < 4.78 is 0. The van der Waals surface area contributed by atoms with Gasteiger partial charge in [0, 0.05) is 47.7 Å². The van der Waals surface area contributed by atoms with Crippen LogP contribution in [0.1, 0.15) is 18.1 Å². The zero-order valence-electron chi connectivity index (χ0n) is 19.7. The van der Waals surface area contributed by atoms with Crippen molar-refractivity contribution in [3.63, 3.8) is 0 Å². The summed E-state index contributed by atoms with van der Waals surface area (Å²) in [5.41, 5.74) is 3.48. The number of piperazine rings is 1. The lowest BCUT2D eigenvalue weighted by molar-refractivity contribution is 0.184. The highest BCUT2D eigenvalue weighted by atomic mass is 16.2. The van der Waals surface area contributed by atoms with Crippen LogP contribution >= 0.6 is 0 Å². The Hall–Kier alpha value is -4.95. The van der Waals surface area contributed by atoms with E-state index in [0.29, 0.717) is 36.4 Å². The zero-order chi connectivity index (χ0) is 25.1. The molecule has 1 N–H and O–H groups in total. The molecular weight excluding hydrogens is 450 g/mol. The lowest BCUT2D eigenvalue weighted by Crippen LogP contribution is -2.55. The quantitative estimate of drug-likeness (QED) is 0.459. The molecule has 1 atom stereocenters. The van der Waals surface area contributed by atoms with Crippen molar-refractivity contribution in [2.24, 2.45) is 0 Å². The van der Waals surface area contributed by atoms with E-state index in [4.69, 9.17) is 10.5 Å². The Morgan fingerprint density at radius 2 is 1.53 bits per heavy atom. The van der Waals surface area contributed by atoms with E-state index >= 15 is 0 Å². The van der Waals surface area contributed by atoms with Crippen molar-refractivity contribution in [1.29, 1.82) is 10.5 Å². The van der Waals surface area contributed by atoms with Gasteiger partial charge in [-0.05, 0) is 43.3 Å². The van der Waals surface area contributed by atoms with E-state index in [0.717, 1.165) is 27.8 Å². The number of carbonyl (C=O) groups is 1. The van der Waals surface area contributed by atoms with Crippen molar-refractivity contribution >= 4 is 28.3 Å². The number of hydrogen-bond acceptors (Lipinski definition) is 6. The molecule has 4 aromatic rings. The predicted octanol–water partition coefficient (Wildman–Crippen LogP) is 4.78. The second-order valence-corrected chi connectivity index (χ2v) is 8.71. The molecule has 1 aliphatic heterocycles. The smallest absolute Gasteiger partial charge is 0.322 e. The number of fused-ring (bicyclic) bond motifs is 1. The van der Waals surface area contributed by atoms with Crippen LogP contribution in [0.5, 0.6) is 0 Å². The summed E-state index contributed by atoms with van der Waals surface area (Å²) >= 11 is 0. The topological polar surface area (TPSA) is 109 Å². The largest absolute Gasteiger partial charge is 0.351 e. The number of anilines is 2. The summed E-state index contributed by atoms with van der Waals surface area (Å²) in [5, 5.41) is 32.1. The molecule has 2 heterocycles. The number of rotatable bonds is 3. The van der Waals surface area contributed by atoms with Gasteiger partial charge in [0.25, 0.3) is 0 Å². The number of benzene rings is 3. The molecule has 176 valence electrons. The first-order valence-electron chi connectivity index (χ1n) is 11.7. The Morgan fingerprint density at radius 1 is 0.889 bits per heavy atom.